The average molecular weight is 379 g/mol. The zero-order valence-corrected chi connectivity index (χ0v) is 15.4. The van der Waals surface area contributed by atoms with Gasteiger partial charge in [0.1, 0.15) is 0 Å². The van der Waals surface area contributed by atoms with E-state index in [4.69, 9.17) is 11.6 Å². The lowest BCUT2D eigenvalue weighted by molar-refractivity contribution is -0.117. The molecular formula is C21H15ClN2OS. The van der Waals surface area contributed by atoms with E-state index in [1.807, 2.05) is 66.7 Å². The number of halogens is 1. The fourth-order valence-corrected chi connectivity index (χ4v) is 3.88. The van der Waals surface area contributed by atoms with Crippen LogP contribution < -0.4 is 4.90 Å². The highest BCUT2D eigenvalue weighted by Crippen LogP contribution is 2.33. The number of aromatic nitrogens is 1. The Morgan fingerprint density at radius 1 is 0.923 bits per heavy atom. The second-order valence-corrected chi connectivity index (χ2v) is 7.28. The van der Waals surface area contributed by atoms with Gasteiger partial charge in [0, 0.05) is 5.02 Å². The number of para-hydroxylation sites is 2. The second-order valence-electron chi connectivity index (χ2n) is 5.83. The van der Waals surface area contributed by atoms with Crippen molar-refractivity contribution >= 4 is 49.9 Å². The average Bonchev–Trinajstić information content (AvgIpc) is 3.08. The van der Waals surface area contributed by atoms with Gasteiger partial charge in [0.15, 0.2) is 5.13 Å². The summed E-state index contributed by atoms with van der Waals surface area (Å²) in [5.74, 6) is -0.0300. The lowest BCUT2D eigenvalue weighted by Crippen LogP contribution is -2.27. The van der Waals surface area contributed by atoms with Crippen LogP contribution in [-0.4, -0.2) is 10.9 Å². The molecule has 4 rings (SSSR count). The Bertz CT molecular complexity index is 1010. The Morgan fingerprint density at radius 3 is 2.35 bits per heavy atom. The minimum Gasteiger partial charge on any atom is -0.274 e. The standard InChI is InChI=1S/C21H15ClN2OS/c22-16-12-10-15(11-13-16)14-20(25)24(17-6-2-1-3-7-17)21-23-18-8-4-5-9-19(18)26-21/h1-13H,14H2. The van der Waals surface area contributed by atoms with Gasteiger partial charge in [0.2, 0.25) is 5.91 Å². The van der Waals surface area contributed by atoms with Gasteiger partial charge in [0.25, 0.3) is 0 Å². The maximum atomic E-state index is 13.1. The van der Waals surface area contributed by atoms with Crippen LogP contribution in [0.5, 0.6) is 0 Å². The first-order chi connectivity index (χ1) is 12.7. The van der Waals surface area contributed by atoms with Crippen molar-refractivity contribution in [2.45, 2.75) is 6.42 Å². The molecule has 1 heterocycles. The molecule has 0 aliphatic heterocycles. The molecule has 128 valence electrons. The molecule has 0 N–H and O–H groups in total. The van der Waals surface area contributed by atoms with E-state index in [1.54, 1.807) is 17.0 Å². The summed E-state index contributed by atoms with van der Waals surface area (Å²) in [6, 6.07) is 24.9. The largest absolute Gasteiger partial charge is 0.274 e. The van der Waals surface area contributed by atoms with E-state index in [1.165, 1.54) is 11.3 Å². The molecule has 0 fully saturated rings. The summed E-state index contributed by atoms with van der Waals surface area (Å²) in [6.45, 7) is 0. The van der Waals surface area contributed by atoms with E-state index in [0.29, 0.717) is 10.2 Å². The Kier molecular flexibility index (Phi) is 4.69. The predicted octanol–water partition coefficient (Wildman–Crippen LogP) is 5.86. The molecule has 4 aromatic rings. The molecular weight excluding hydrogens is 364 g/mol. The molecule has 0 aliphatic rings. The highest BCUT2D eigenvalue weighted by Gasteiger charge is 2.21. The molecule has 5 heteroatoms. The van der Waals surface area contributed by atoms with Crippen LogP contribution in [0, 0.1) is 0 Å². The van der Waals surface area contributed by atoms with Gasteiger partial charge in [-0.2, -0.15) is 0 Å². The summed E-state index contributed by atoms with van der Waals surface area (Å²) in [4.78, 5) is 19.5. The zero-order chi connectivity index (χ0) is 17.9. The zero-order valence-electron chi connectivity index (χ0n) is 13.8. The summed E-state index contributed by atoms with van der Waals surface area (Å²) in [7, 11) is 0. The van der Waals surface area contributed by atoms with Gasteiger partial charge >= 0.3 is 0 Å². The van der Waals surface area contributed by atoms with E-state index >= 15 is 0 Å². The molecule has 0 saturated carbocycles. The van der Waals surface area contributed by atoms with E-state index in [0.717, 1.165) is 21.5 Å². The van der Waals surface area contributed by atoms with Crippen LogP contribution in [-0.2, 0) is 11.2 Å². The number of fused-ring (bicyclic) bond motifs is 1. The van der Waals surface area contributed by atoms with Crippen molar-refractivity contribution in [3.8, 4) is 0 Å². The molecule has 0 atom stereocenters. The van der Waals surface area contributed by atoms with Crippen LogP contribution in [0.15, 0.2) is 78.9 Å². The number of benzene rings is 3. The minimum absolute atomic E-state index is 0.0300. The lowest BCUT2D eigenvalue weighted by atomic mass is 10.1. The fraction of sp³-hybridized carbons (Fsp3) is 0.0476. The normalized spacial score (nSPS) is 10.8. The van der Waals surface area contributed by atoms with Crippen LogP contribution in [0.4, 0.5) is 10.8 Å². The van der Waals surface area contributed by atoms with Gasteiger partial charge in [-0.3, -0.25) is 9.69 Å². The molecule has 0 aliphatic carbocycles. The van der Waals surface area contributed by atoms with Gasteiger partial charge in [-0.1, -0.05) is 65.4 Å². The van der Waals surface area contributed by atoms with Crippen molar-refractivity contribution in [1.29, 1.82) is 0 Å². The fourth-order valence-electron chi connectivity index (χ4n) is 2.75. The number of thiazole rings is 1. The molecule has 0 bridgehead atoms. The Balaban J connectivity index is 1.73. The number of hydrogen-bond donors (Lipinski definition) is 0. The molecule has 3 nitrogen and oxygen atoms in total. The Morgan fingerprint density at radius 2 is 1.62 bits per heavy atom. The van der Waals surface area contributed by atoms with Crippen molar-refractivity contribution in [3.05, 3.63) is 89.4 Å². The topological polar surface area (TPSA) is 33.2 Å². The molecule has 3 aromatic carbocycles. The number of nitrogens with zero attached hydrogens (tertiary/aromatic N) is 2. The van der Waals surface area contributed by atoms with Crippen LogP contribution in [0.3, 0.4) is 0 Å². The van der Waals surface area contributed by atoms with E-state index in [9.17, 15) is 4.79 Å². The van der Waals surface area contributed by atoms with Gasteiger partial charge < -0.3 is 0 Å². The quantitative estimate of drug-likeness (QED) is 0.445. The molecule has 1 amide bonds. The van der Waals surface area contributed by atoms with E-state index in [2.05, 4.69) is 4.98 Å². The maximum absolute atomic E-state index is 13.1. The van der Waals surface area contributed by atoms with Crippen LogP contribution in [0.1, 0.15) is 5.56 Å². The number of hydrogen-bond acceptors (Lipinski definition) is 3. The third kappa shape index (κ3) is 3.47. The van der Waals surface area contributed by atoms with E-state index in [-0.39, 0.29) is 12.3 Å². The van der Waals surface area contributed by atoms with Crippen LogP contribution in [0.2, 0.25) is 5.02 Å². The maximum Gasteiger partial charge on any atom is 0.237 e. The van der Waals surface area contributed by atoms with Crippen LogP contribution >= 0.6 is 22.9 Å². The molecule has 0 radical (unpaired) electrons. The first-order valence-corrected chi connectivity index (χ1v) is 9.38. The minimum atomic E-state index is -0.0300. The number of carbonyl (C=O) groups is 1. The summed E-state index contributed by atoms with van der Waals surface area (Å²) in [5.41, 5.74) is 2.62. The van der Waals surface area contributed by atoms with Gasteiger partial charge in [-0.15, -0.1) is 0 Å². The molecule has 0 unspecified atom stereocenters. The summed E-state index contributed by atoms with van der Waals surface area (Å²) in [5, 5.41) is 1.34. The third-order valence-electron chi connectivity index (χ3n) is 4.01. The van der Waals surface area contributed by atoms with Gasteiger partial charge in [-0.05, 0) is 42.0 Å². The SMILES string of the molecule is O=C(Cc1ccc(Cl)cc1)N(c1ccccc1)c1nc2ccccc2s1. The van der Waals surface area contributed by atoms with Crippen molar-refractivity contribution in [2.75, 3.05) is 4.90 Å². The van der Waals surface area contributed by atoms with Gasteiger partial charge in [-0.25, -0.2) is 4.98 Å². The molecule has 0 saturated heterocycles. The third-order valence-corrected chi connectivity index (χ3v) is 5.28. The smallest absolute Gasteiger partial charge is 0.237 e. The lowest BCUT2D eigenvalue weighted by Gasteiger charge is -2.20. The van der Waals surface area contributed by atoms with Crippen molar-refractivity contribution in [1.82, 2.24) is 4.98 Å². The molecule has 1 aromatic heterocycles. The Hall–Kier alpha value is -2.69. The number of anilines is 2. The highest BCUT2D eigenvalue weighted by molar-refractivity contribution is 7.22. The summed E-state index contributed by atoms with van der Waals surface area (Å²) < 4.78 is 1.06. The summed E-state index contributed by atoms with van der Waals surface area (Å²) in [6.07, 6.45) is 0.280. The van der Waals surface area contributed by atoms with Crippen LogP contribution in [0.25, 0.3) is 10.2 Å². The second kappa shape index (κ2) is 7.28. The monoisotopic (exact) mass is 378 g/mol. The number of amides is 1. The molecule has 0 spiro atoms. The number of carbonyl (C=O) groups excluding carboxylic acids is 1. The molecule has 26 heavy (non-hydrogen) atoms. The highest BCUT2D eigenvalue weighted by atomic mass is 35.5. The van der Waals surface area contributed by atoms with Gasteiger partial charge in [0.05, 0.1) is 22.3 Å². The van der Waals surface area contributed by atoms with Crippen molar-refractivity contribution in [2.24, 2.45) is 0 Å². The summed E-state index contributed by atoms with van der Waals surface area (Å²) >= 11 is 7.46. The number of rotatable bonds is 4. The first-order valence-electron chi connectivity index (χ1n) is 8.19. The predicted molar refractivity (Wildman–Crippen MR) is 108 cm³/mol. The first kappa shape index (κ1) is 16.8. The van der Waals surface area contributed by atoms with Crippen molar-refractivity contribution < 1.29 is 4.79 Å². The van der Waals surface area contributed by atoms with Crippen molar-refractivity contribution in [3.63, 3.8) is 0 Å². The van der Waals surface area contributed by atoms with E-state index < -0.39 is 0 Å². The Labute approximate surface area is 160 Å².